The van der Waals surface area contributed by atoms with Crippen LogP contribution >= 0.6 is 0 Å². The zero-order chi connectivity index (χ0) is 19.8. The van der Waals surface area contributed by atoms with Gasteiger partial charge in [-0.05, 0) is 39.5 Å². The first kappa shape index (κ1) is 19.6. The van der Waals surface area contributed by atoms with Gasteiger partial charge in [-0.1, -0.05) is 0 Å². The van der Waals surface area contributed by atoms with Crippen LogP contribution in [0.15, 0.2) is 12.4 Å². The molecule has 4 aliphatic rings. The standard InChI is InChI=1S/C21H33N5O3/c1-13-9-26(10-14(2)28-13)20-8-19(22-12-23-20)21-17-7-15(3-4-18(17)24-25-21)29-16-5-6-27-11-16/h8,12-18,21,24-25H,3-7,9-11H2,1-2H3/t13-,14+,15?,16-,17?,18?,21?/m0/s1. The Morgan fingerprint density at radius 1 is 1.07 bits per heavy atom. The van der Waals surface area contributed by atoms with Gasteiger partial charge in [0.25, 0.3) is 0 Å². The number of nitrogens with zero attached hydrogens (tertiary/aromatic N) is 3. The van der Waals surface area contributed by atoms with Gasteiger partial charge >= 0.3 is 0 Å². The molecule has 1 saturated carbocycles. The van der Waals surface area contributed by atoms with Gasteiger partial charge in [-0.2, -0.15) is 0 Å². The van der Waals surface area contributed by atoms with E-state index in [4.69, 9.17) is 14.2 Å². The summed E-state index contributed by atoms with van der Waals surface area (Å²) in [6.07, 6.45) is 7.03. The third-order valence-electron chi connectivity index (χ3n) is 6.71. The van der Waals surface area contributed by atoms with Gasteiger partial charge in [0, 0.05) is 37.7 Å². The molecule has 8 nitrogen and oxygen atoms in total. The minimum absolute atomic E-state index is 0.184. The van der Waals surface area contributed by atoms with Crippen LogP contribution < -0.4 is 15.8 Å². The van der Waals surface area contributed by atoms with Crippen molar-refractivity contribution in [3.63, 3.8) is 0 Å². The maximum absolute atomic E-state index is 6.35. The second-order valence-electron chi connectivity index (χ2n) is 9.06. The number of fused-ring (bicyclic) bond motifs is 1. The predicted octanol–water partition coefficient (Wildman–Crippen LogP) is 1.58. The van der Waals surface area contributed by atoms with Crippen molar-refractivity contribution in [1.29, 1.82) is 0 Å². The average molecular weight is 404 g/mol. The van der Waals surface area contributed by atoms with E-state index < -0.39 is 0 Å². The quantitative estimate of drug-likeness (QED) is 0.784. The van der Waals surface area contributed by atoms with E-state index in [1.54, 1.807) is 6.33 Å². The zero-order valence-corrected chi connectivity index (χ0v) is 17.4. The van der Waals surface area contributed by atoms with Crippen LogP contribution in [0.3, 0.4) is 0 Å². The van der Waals surface area contributed by atoms with Gasteiger partial charge in [0.15, 0.2) is 0 Å². The van der Waals surface area contributed by atoms with Crippen molar-refractivity contribution >= 4 is 5.82 Å². The van der Waals surface area contributed by atoms with Crippen molar-refractivity contribution in [1.82, 2.24) is 20.8 Å². The number of hydrogen-bond acceptors (Lipinski definition) is 8. The summed E-state index contributed by atoms with van der Waals surface area (Å²) in [5.41, 5.74) is 8.08. The van der Waals surface area contributed by atoms with Crippen molar-refractivity contribution in [2.45, 2.75) is 76.0 Å². The van der Waals surface area contributed by atoms with Gasteiger partial charge < -0.3 is 19.1 Å². The summed E-state index contributed by atoms with van der Waals surface area (Å²) in [5.74, 6) is 1.47. The fraction of sp³-hybridized carbons (Fsp3) is 0.810. The summed E-state index contributed by atoms with van der Waals surface area (Å²) in [5, 5.41) is 0. The Bertz CT molecular complexity index is 691. The SMILES string of the molecule is C[C@@H]1CN(c2cc(C3NNC4CCC(O[C@H]5CCOC5)CC43)ncn2)C[C@H](C)O1. The molecule has 0 spiro atoms. The first-order chi connectivity index (χ1) is 14.2. The molecule has 3 saturated heterocycles. The number of aromatic nitrogens is 2. The molecule has 0 aromatic carbocycles. The molecule has 1 aromatic rings. The molecule has 4 fully saturated rings. The van der Waals surface area contributed by atoms with Crippen LogP contribution in [0.25, 0.3) is 0 Å². The Balaban J connectivity index is 1.29. The molecule has 4 unspecified atom stereocenters. The Morgan fingerprint density at radius 2 is 1.93 bits per heavy atom. The number of rotatable bonds is 4. The molecule has 160 valence electrons. The van der Waals surface area contributed by atoms with E-state index in [0.717, 1.165) is 63.5 Å². The smallest absolute Gasteiger partial charge is 0.132 e. The number of ether oxygens (including phenoxy) is 3. The molecule has 7 atom stereocenters. The Labute approximate surface area is 172 Å². The lowest BCUT2D eigenvalue weighted by atomic mass is 9.79. The molecule has 4 heterocycles. The van der Waals surface area contributed by atoms with Gasteiger partial charge in [0.05, 0.1) is 42.8 Å². The van der Waals surface area contributed by atoms with E-state index in [9.17, 15) is 0 Å². The molecular formula is C21H33N5O3. The summed E-state index contributed by atoms with van der Waals surface area (Å²) in [4.78, 5) is 11.5. The highest BCUT2D eigenvalue weighted by atomic mass is 16.5. The van der Waals surface area contributed by atoms with Gasteiger partial charge in [0.2, 0.25) is 0 Å². The van der Waals surface area contributed by atoms with Crippen LogP contribution in [0.4, 0.5) is 5.82 Å². The van der Waals surface area contributed by atoms with Gasteiger partial charge in [-0.15, -0.1) is 0 Å². The Morgan fingerprint density at radius 3 is 2.72 bits per heavy atom. The summed E-state index contributed by atoms with van der Waals surface area (Å²) in [6.45, 7) is 7.55. The minimum Gasteiger partial charge on any atom is -0.379 e. The van der Waals surface area contributed by atoms with Gasteiger partial charge in [0.1, 0.15) is 12.1 Å². The Hall–Kier alpha value is -1.32. The van der Waals surface area contributed by atoms with Crippen LogP contribution in [0.2, 0.25) is 0 Å². The number of hydrazine groups is 1. The molecule has 1 aliphatic carbocycles. The van der Waals surface area contributed by atoms with Crippen LogP contribution in [-0.4, -0.2) is 66.7 Å². The number of anilines is 1. The fourth-order valence-corrected chi connectivity index (χ4v) is 5.40. The molecule has 2 N–H and O–H groups in total. The largest absolute Gasteiger partial charge is 0.379 e. The molecular weight excluding hydrogens is 370 g/mol. The molecule has 0 bridgehead atoms. The van der Waals surface area contributed by atoms with Crippen molar-refractivity contribution in [2.24, 2.45) is 5.92 Å². The number of nitrogens with one attached hydrogen (secondary N) is 2. The second kappa shape index (κ2) is 8.43. The van der Waals surface area contributed by atoms with Crippen LogP contribution in [0.5, 0.6) is 0 Å². The number of hydrogen-bond donors (Lipinski definition) is 2. The van der Waals surface area contributed by atoms with Crippen molar-refractivity contribution in [2.75, 3.05) is 31.2 Å². The maximum Gasteiger partial charge on any atom is 0.132 e. The fourth-order valence-electron chi connectivity index (χ4n) is 5.40. The molecule has 1 aromatic heterocycles. The summed E-state index contributed by atoms with van der Waals surface area (Å²) < 4.78 is 17.7. The zero-order valence-electron chi connectivity index (χ0n) is 17.4. The minimum atomic E-state index is 0.184. The lowest BCUT2D eigenvalue weighted by Gasteiger charge is -2.36. The normalized spacial score (nSPS) is 40.2. The van der Waals surface area contributed by atoms with Gasteiger partial charge in [-0.3, -0.25) is 5.43 Å². The lowest BCUT2D eigenvalue weighted by molar-refractivity contribution is -0.0450. The third-order valence-corrected chi connectivity index (χ3v) is 6.71. The summed E-state index contributed by atoms with van der Waals surface area (Å²) in [7, 11) is 0. The topological polar surface area (TPSA) is 80.8 Å². The van der Waals surface area contributed by atoms with Crippen molar-refractivity contribution < 1.29 is 14.2 Å². The van der Waals surface area contributed by atoms with E-state index in [2.05, 4.69) is 45.6 Å². The highest BCUT2D eigenvalue weighted by molar-refractivity contribution is 5.41. The summed E-state index contributed by atoms with van der Waals surface area (Å²) >= 11 is 0. The monoisotopic (exact) mass is 403 g/mol. The number of morpholine rings is 1. The molecule has 29 heavy (non-hydrogen) atoms. The van der Waals surface area contributed by atoms with Crippen LogP contribution in [0, 0.1) is 5.92 Å². The molecule has 8 heteroatoms. The Kier molecular flexibility index (Phi) is 5.71. The van der Waals surface area contributed by atoms with E-state index in [0.29, 0.717) is 18.1 Å². The lowest BCUT2D eigenvalue weighted by Crippen LogP contribution is -2.46. The van der Waals surface area contributed by atoms with Crippen LogP contribution in [0.1, 0.15) is 51.3 Å². The first-order valence-electron chi connectivity index (χ1n) is 11.1. The highest BCUT2D eigenvalue weighted by Crippen LogP contribution is 2.39. The van der Waals surface area contributed by atoms with Crippen molar-refractivity contribution in [3.8, 4) is 0 Å². The van der Waals surface area contributed by atoms with E-state index in [1.807, 2.05) is 0 Å². The second-order valence-corrected chi connectivity index (χ2v) is 9.06. The van der Waals surface area contributed by atoms with Gasteiger partial charge in [-0.25, -0.2) is 15.4 Å². The molecule has 0 amide bonds. The highest BCUT2D eigenvalue weighted by Gasteiger charge is 2.42. The van der Waals surface area contributed by atoms with Crippen molar-refractivity contribution in [3.05, 3.63) is 18.1 Å². The van der Waals surface area contributed by atoms with E-state index >= 15 is 0 Å². The summed E-state index contributed by atoms with van der Waals surface area (Å²) in [6, 6.07) is 2.81. The van der Waals surface area contributed by atoms with E-state index in [-0.39, 0.29) is 24.4 Å². The maximum atomic E-state index is 6.35. The molecule has 5 rings (SSSR count). The first-order valence-corrected chi connectivity index (χ1v) is 11.1. The van der Waals surface area contributed by atoms with E-state index in [1.165, 1.54) is 0 Å². The van der Waals surface area contributed by atoms with Crippen LogP contribution in [-0.2, 0) is 14.2 Å². The third kappa shape index (κ3) is 4.27. The predicted molar refractivity (Wildman–Crippen MR) is 108 cm³/mol. The molecule has 3 aliphatic heterocycles. The average Bonchev–Trinajstić information content (AvgIpc) is 3.37. The molecule has 0 radical (unpaired) electrons.